The van der Waals surface area contributed by atoms with Crippen molar-refractivity contribution in [3.05, 3.63) is 65.3 Å². The highest BCUT2D eigenvalue weighted by Gasteiger charge is 2.06. The van der Waals surface area contributed by atoms with Crippen molar-refractivity contribution < 1.29 is 4.74 Å². The second-order valence-electron chi connectivity index (χ2n) is 4.45. The van der Waals surface area contributed by atoms with Crippen molar-refractivity contribution in [1.82, 2.24) is 4.98 Å². The highest BCUT2D eigenvalue weighted by Crippen LogP contribution is 2.29. The zero-order chi connectivity index (χ0) is 13.9. The second-order valence-corrected chi connectivity index (χ2v) is 4.85. The van der Waals surface area contributed by atoms with Gasteiger partial charge in [0.15, 0.2) is 0 Å². The average Bonchev–Trinajstić information content (AvgIpc) is 2.49. The molecule has 3 aromatic rings. The molecule has 100 valence electrons. The molecule has 0 unspecified atom stereocenters. The summed E-state index contributed by atoms with van der Waals surface area (Å²) in [6.45, 7) is 0.406. The Hall–Kier alpha value is -2.10. The third kappa shape index (κ3) is 2.59. The van der Waals surface area contributed by atoms with Crippen LogP contribution in [0.25, 0.3) is 10.8 Å². The van der Waals surface area contributed by atoms with Crippen LogP contribution in [0.2, 0.25) is 5.02 Å². The number of nitrogens with zero attached hydrogens (tertiary/aromatic N) is 1. The van der Waals surface area contributed by atoms with Crippen molar-refractivity contribution in [2.24, 2.45) is 5.73 Å². The average molecular weight is 285 g/mol. The molecule has 0 aliphatic rings. The predicted octanol–water partition coefficient (Wildman–Crippen LogP) is 4.14. The molecule has 0 aliphatic carbocycles. The second kappa shape index (κ2) is 5.49. The first kappa shape index (κ1) is 12.9. The van der Waals surface area contributed by atoms with Crippen LogP contribution in [0.1, 0.15) is 5.56 Å². The van der Waals surface area contributed by atoms with Gasteiger partial charge in [-0.05, 0) is 34.5 Å². The van der Waals surface area contributed by atoms with Gasteiger partial charge in [0.1, 0.15) is 10.8 Å². The van der Waals surface area contributed by atoms with Gasteiger partial charge in [0.25, 0.3) is 0 Å². The van der Waals surface area contributed by atoms with Crippen molar-refractivity contribution in [3.8, 4) is 11.6 Å². The van der Waals surface area contributed by atoms with Crippen molar-refractivity contribution in [2.75, 3.05) is 0 Å². The molecule has 2 aromatic carbocycles. The molecule has 20 heavy (non-hydrogen) atoms. The zero-order valence-corrected chi connectivity index (χ0v) is 11.5. The smallest absolute Gasteiger partial charge is 0.238 e. The van der Waals surface area contributed by atoms with Crippen LogP contribution in [0.5, 0.6) is 11.6 Å². The van der Waals surface area contributed by atoms with E-state index in [1.54, 1.807) is 12.3 Å². The summed E-state index contributed by atoms with van der Waals surface area (Å²) in [7, 11) is 0. The van der Waals surface area contributed by atoms with Gasteiger partial charge in [-0.2, -0.15) is 0 Å². The molecule has 1 aromatic heterocycles. The van der Waals surface area contributed by atoms with Gasteiger partial charge >= 0.3 is 0 Å². The highest BCUT2D eigenvalue weighted by atomic mass is 35.5. The lowest BCUT2D eigenvalue weighted by Crippen LogP contribution is -1.98. The van der Waals surface area contributed by atoms with E-state index in [0.29, 0.717) is 23.2 Å². The highest BCUT2D eigenvalue weighted by molar-refractivity contribution is 6.31. The molecule has 0 fully saturated rings. The van der Waals surface area contributed by atoms with E-state index in [1.807, 2.05) is 36.4 Å². The first-order valence-electron chi connectivity index (χ1n) is 6.27. The van der Waals surface area contributed by atoms with E-state index in [9.17, 15) is 0 Å². The Labute approximate surface area is 122 Å². The van der Waals surface area contributed by atoms with Crippen molar-refractivity contribution in [3.63, 3.8) is 0 Å². The van der Waals surface area contributed by atoms with Gasteiger partial charge in [-0.1, -0.05) is 41.9 Å². The summed E-state index contributed by atoms with van der Waals surface area (Å²) in [5.74, 6) is 1.10. The molecule has 2 N–H and O–H groups in total. The normalized spacial score (nSPS) is 10.7. The van der Waals surface area contributed by atoms with Crippen molar-refractivity contribution in [2.45, 2.75) is 6.54 Å². The Morgan fingerprint density at radius 3 is 2.60 bits per heavy atom. The van der Waals surface area contributed by atoms with E-state index in [2.05, 4.69) is 11.1 Å². The quantitative estimate of drug-likeness (QED) is 0.786. The van der Waals surface area contributed by atoms with Crippen LogP contribution in [0, 0.1) is 0 Å². The molecular formula is C16H13ClN2O. The minimum absolute atomic E-state index is 0.388. The number of hydrogen-bond donors (Lipinski definition) is 1. The zero-order valence-electron chi connectivity index (χ0n) is 10.7. The molecule has 0 spiro atoms. The Morgan fingerprint density at radius 1 is 1.05 bits per heavy atom. The molecule has 0 atom stereocenters. The summed E-state index contributed by atoms with van der Waals surface area (Å²) in [4.78, 5) is 4.19. The van der Waals surface area contributed by atoms with Crippen LogP contribution in [-0.4, -0.2) is 4.98 Å². The standard InChI is InChI=1S/C16H13ClN2O/c17-15-7-11(9-18)10-19-16(15)20-14-6-5-12-3-1-2-4-13(12)8-14/h1-8,10H,9,18H2. The fourth-order valence-corrected chi connectivity index (χ4v) is 2.22. The number of nitrogens with two attached hydrogens (primary N) is 1. The number of hydrogen-bond acceptors (Lipinski definition) is 3. The summed E-state index contributed by atoms with van der Waals surface area (Å²) < 4.78 is 5.73. The van der Waals surface area contributed by atoms with E-state index >= 15 is 0 Å². The lowest BCUT2D eigenvalue weighted by Gasteiger charge is -2.08. The molecule has 3 rings (SSSR count). The van der Waals surface area contributed by atoms with Crippen LogP contribution in [0.15, 0.2) is 54.7 Å². The van der Waals surface area contributed by atoms with Crippen LogP contribution in [-0.2, 0) is 6.54 Å². The number of ether oxygens (including phenoxy) is 1. The lowest BCUT2D eigenvalue weighted by atomic mass is 10.1. The Kier molecular flexibility index (Phi) is 3.54. The maximum absolute atomic E-state index is 6.13. The van der Waals surface area contributed by atoms with Gasteiger partial charge in [-0.15, -0.1) is 0 Å². The Balaban J connectivity index is 1.92. The molecule has 3 nitrogen and oxygen atoms in total. The van der Waals surface area contributed by atoms with Crippen molar-refractivity contribution in [1.29, 1.82) is 0 Å². The van der Waals surface area contributed by atoms with E-state index in [1.165, 1.54) is 0 Å². The molecule has 0 amide bonds. The topological polar surface area (TPSA) is 48.1 Å². The number of benzene rings is 2. The molecule has 0 radical (unpaired) electrons. The lowest BCUT2D eigenvalue weighted by molar-refractivity contribution is 0.463. The summed E-state index contributed by atoms with van der Waals surface area (Å²) in [6, 6.07) is 15.7. The summed E-state index contributed by atoms with van der Waals surface area (Å²) in [5, 5.41) is 2.73. The Morgan fingerprint density at radius 2 is 1.85 bits per heavy atom. The maximum atomic E-state index is 6.13. The largest absolute Gasteiger partial charge is 0.438 e. The first-order chi connectivity index (χ1) is 9.76. The molecular weight excluding hydrogens is 272 g/mol. The number of aromatic nitrogens is 1. The molecule has 0 saturated heterocycles. The SMILES string of the molecule is NCc1cnc(Oc2ccc3ccccc3c2)c(Cl)c1. The van der Waals surface area contributed by atoms with Gasteiger partial charge in [0.05, 0.1) is 0 Å². The minimum Gasteiger partial charge on any atom is -0.438 e. The minimum atomic E-state index is 0.388. The van der Waals surface area contributed by atoms with Crippen molar-refractivity contribution >= 4 is 22.4 Å². The number of halogens is 1. The summed E-state index contributed by atoms with van der Waals surface area (Å²) >= 11 is 6.13. The molecule has 0 bridgehead atoms. The van der Waals surface area contributed by atoms with Gasteiger partial charge in [0, 0.05) is 12.7 Å². The summed E-state index contributed by atoms with van der Waals surface area (Å²) in [5.41, 5.74) is 6.42. The third-order valence-electron chi connectivity index (χ3n) is 3.04. The van der Waals surface area contributed by atoms with Crippen LogP contribution < -0.4 is 10.5 Å². The van der Waals surface area contributed by atoms with Gasteiger partial charge in [0.2, 0.25) is 5.88 Å². The third-order valence-corrected chi connectivity index (χ3v) is 3.31. The van der Waals surface area contributed by atoms with E-state index in [0.717, 1.165) is 16.3 Å². The number of fused-ring (bicyclic) bond motifs is 1. The molecule has 0 saturated carbocycles. The number of rotatable bonds is 3. The monoisotopic (exact) mass is 284 g/mol. The van der Waals surface area contributed by atoms with Gasteiger partial charge in [-0.25, -0.2) is 4.98 Å². The predicted molar refractivity (Wildman–Crippen MR) is 81.2 cm³/mol. The van der Waals surface area contributed by atoms with Gasteiger partial charge < -0.3 is 10.5 Å². The fourth-order valence-electron chi connectivity index (χ4n) is 1.99. The number of pyridine rings is 1. The molecule has 1 heterocycles. The van der Waals surface area contributed by atoms with Crippen LogP contribution >= 0.6 is 11.6 Å². The fraction of sp³-hybridized carbons (Fsp3) is 0.0625. The van der Waals surface area contributed by atoms with E-state index in [4.69, 9.17) is 22.1 Å². The van der Waals surface area contributed by atoms with E-state index < -0.39 is 0 Å². The Bertz CT molecular complexity index is 758. The summed E-state index contributed by atoms with van der Waals surface area (Å²) in [6.07, 6.45) is 1.67. The maximum Gasteiger partial charge on any atom is 0.238 e. The van der Waals surface area contributed by atoms with Gasteiger partial charge in [-0.3, -0.25) is 0 Å². The van der Waals surface area contributed by atoms with Crippen LogP contribution in [0.3, 0.4) is 0 Å². The first-order valence-corrected chi connectivity index (χ1v) is 6.65. The molecule has 0 aliphatic heterocycles. The molecule has 4 heteroatoms. The van der Waals surface area contributed by atoms with Crippen LogP contribution in [0.4, 0.5) is 0 Å². The van der Waals surface area contributed by atoms with E-state index in [-0.39, 0.29) is 0 Å².